The lowest BCUT2D eigenvalue weighted by Crippen LogP contribution is -2.34. The van der Waals surface area contributed by atoms with E-state index in [0.29, 0.717) is 10.8 Å². The molecule has 6 nitrogen and oxygen atoms in total. The Morgan fingerprint density at radius 3 is 2.38 bits per heavy atom. The second-order valence-corrected chi connectivity index (χ2v) is 9.50. The average Bonchev–Trinajstić information content (AvgIpc) is 2.91. The summed E-state index contributed by atoms with van der Waals surface area (Å²) in [4.78, 5) is 17.0. The third-order valence-corrected chi connectivity index (χ3v) is 6.35. The SMILES string of the molecule is CS(=O)(=O)c1ccc(Nc2nc(C(=O)NC3CCCCCC3)cs2)cc1. The molecular weight excluding hydrogens is 370 g/mol. The van der Waals surface area contributed by atoms with Crippen molar-refractivity contribution in [1.82, 2.24) is 10.3 Å². The molecule has 0 spiro atoms. The Morgan fingerprint density at radius 1 is 1.12 bits per heavy atom. The molecule has 1 aliphatic rings. The average molecular weight is 394 g/mol. The monoisotopic (exact) mass is 393 g/mol. The minimum Gasteiger partial charge on any atom is -0.348 e. The van der Waals surface area contributed by atoms with Gasteiger partial charge in [0.05, 0.1) is 4.90 Å². The van der Waals surface area contributed by atoms with Crippen LogP contribution in [0.15, 0.2) is 34.5 Å². The third kappa shape index (κ3) is 5.04. The predicted octanol–water partition coefficient (Wildman–Crippen LogP) is 3.74. The first-order valence-electron chi connectivity index (χ1n) is 8.75. The van der Waals surface area contributed by atoms with Gasteiger partial charge in [-0.1, -0.05) is 25.7 Å². The van der Waals surface area contributed by atoms with Gasteiger partial charge in [-0.15, -0.1) is 11.3 Å². The number of hydrogen-bond acceptors (Lipinski definition) is 6. The normalized spacial score (nSPS) is 16.0. The van der Waals surface area contributed by atoms with Crippen LogP contribution < -0.4 is 10.6 Å². The Balaban J connectivity index is 1.61. The van der Waals surface area contributed by atoms with E-state index in [4.69, 9.17) is 0 Å². The molecule has 1 amide bonds. The van der Waals surface area contributed by atoms with E-state index in [0.717, 1.165) is 31.4 Å². The number of nitrogens with zero attached hydrogens (tertiary/aromatic N) is 1. The number of sulfone groups is 1. The first-order valence-corrected chi connectivity index (χ1v) is 11.5. The zero-order chi connectivity index (χ0) is 18.6. The van der Waals surface area contributed by atoms with Crippen molar-refractivity contribution in [2.24, 2.45) is 0 Å². The molecule has 1 saturated carbocycles. The minimum atomic E-state index is -3.21. The predicted molar refractivity (Wildman–Crippen MR) is 104 cm³/mol. The second-order valence-electron chi connectivity index (χ2n) is 6.62. The van der Waals surface area contributed by atoms with Gasteiger partial charge in [0.2, 0.25) is 0 Å². The van der Waals surface area contributed by atoms with Crippen molar-refractivity contribution < 1.29 is 13.2 Å². The van der Waals surface area contributed by atoms with Crippen molar-refractivity contribution >= 4 is 37.9 Å². The van der Waals surface area contributed by atoms with E-state index < -0.39 is 9.84 Å². The largest absolute Gasteiger partial charge is 0.348 e. The molecule has 1 heterocycles. The van der Waals surface area contributed by atoms with E-state index in [2.05, 4.69) is 15.6 Å². The number of aromatic nitrogens is 1. The van der Waals surface area contributed by atoms with Crippen LogP contribution in [0.1, 0.15) is 49.0 Å². The fraction of sp³-hybridized carbons (Fsp3) is 0.444. The summed E-state index contributed by atoms with van der Waals surface area (Å²) in [5.41, 5.74) is 1.14. The van der Waals surface area contributed by atoms with Crippen LogP contribution in [0.3, 0.4) is 0 Å². The summed E-state index contributed by atoms with van der Waals surface area (Å²) in [5, 5.41) is 8.53. The molecule has 0 atom stereocenters. The lowest BCUT2D eigenvalue weighted by Gasteiger charge is -2.15. The summed E-state index contributed by atoms with van der Waals surface area (Å²) >= 11 is 1.35. The van der Waals surface area contributed by atoms with Gasteiger partial charge in [0.1, 0.15) is 5.69 Å². The highest BCUT2D eigenvalue weighted by molar-refractivity contribution is 7.90. The van der Waals surface area contributed by atoms with Crippen LogP contribution in [0.4, 0.5) is 10.8 Å². The number of thiazole rings is 1. The molecular formula is C18H23N3O3S2. The van der Waals surface area contributed by atoms with Gasteiger partial charge in [0, 0.05) is 23.4 Å². The Hall–Kier alpha value is -1.93. The minimum absolute atomic E-state index is 0.131. The van der Waals surface area contributed by atoms with Crippen LogP contribution in [-0.2, 0) is 9.84 Å². The topological polar surface area (TPSA) is 88.2 Å². The Morgan fingerprint density at radius 2 is 1.77 bits per heavy atom. The van der Waals surface area contributed by atoms with Crippen LogP contribution in [-0.4, -0.2) is 31.6 Å². The summed E-state index contributed by atoms with van der Waals surface area (Å²) in [5.74, 6) is -0.131. The summed E-state index contributed by atoms with van der Waals surface area (Å²) in [6.45, 7) is 0. The van der Waals surface area contributed by atoms with E-state index in [1.165, 1.54) is 30.4 Å². The van der Waals surface area contributed by atoms with Crippen molar-refractivity contribution in [2.45, 2.75) is 49.5 Å². The summed E-state index contributed by atoms with van der Waals surface area (Å²) < 4.78 is 23.0. The molecule has 0 bridgehead atoms. The zero-order valence-corrected chi connectivity index (χ0v) is 16.3. The van der Waals surface area contributed by atoms with E-state index in [1.54, 1.807) is 29.6 Å². The summed E-state index contributed by atoms with van der Waals surface area (Å²) in [6.07, 6.45) is 8.07. The molecule has 1 fully saturated rings. The van der Waals surface area contributed by atoms with Crippen molar-refractivity contribution in [3.63, 3.8) is 0 Å². The lowest BCUT2D eigenvalue weighted by atomic mass is 10.1. The Kier molecular flexibility index (Phi) is 5.93. The molecule has 8 heteroatoms. The fourth-order valence-electron chi connectivity index (χ4n) is 3.03. The molecule has 0 radical (unpaired) electrons. The van der Waals surface area contributed by atoms with Crippen molar-refractivity contribution in [3.05, 3.63) is 35.3 Å². The van der Waals surface area contributed by atoms with Crippen molar-refractivity contribution in [3.8, 4) is 0 Å². The fourth-order valence-corrected chi connectivity index (χ4v) is 4.37. The molecule has 0 unspecified atom stereocenters. The van der Waals surface area contributed by atoms with Gasteiger partial charge in [-0.05, 0) is 37.1 Å². The maximum Gasteiger partial charge on any atom is 0.271 e. The summed E-state index contributed by atoms with van der Waals surface area (Å²) in [6, 6.07) is 6.70. The van der Waals surface area contributed by atoms with Crippen LogP contribution in [0.25, 0.3) is 0 Å². The molecule has 2 N–H and O–H groups in total. The third-order valence-electron chi connectivity index (χ3n) is 4.46. The number of amides is 1. The first-order chi connectivity index (χ1) is 12.4. The van der Waals surface area contributed by atoms with E-state index in [1.807, 2.05) is 0 Å². The van der Waals surface area contributed by atoms with E-state index in [9.17, 15) is 13.2 Å². The van der Waals surface area contributed by atoms with Crippen LogP contribution >= 0.6 is 11.3 Å². The molecule has 1 aliphatic carbocycles. The highest BCUT2D eigenvalue weighted by Crippen LogP contribution is 2.23. The highest BCUT2D eigenvalue weighted by atomic mass is 32.2. The van der Waals surface area contributed by atoms with Gasteiger partial charge in [-0.2, -0.15) is 0 Å². The lowest BCUT2D eigenvalue weighted by molar-refractivity contribution is 0.0929. The Bertz CT molecular complexity index is 852. The molecule has 0 aliphatic heterocycles. The van der Waals surface area contributed by atoms with Gasteiger partial charge in [-0.25, -0.2) is 13.4 Å². The van der Waals surface area contributed by atoms with Crippen LogP contribution in [0.5, 0.6) is 0 Å². The maximum atomic E-state index is 12.4. The molecule has 26 heavy (non-hydrogen) atoms. The number of carbonyl (C=O) groups is 1. The zero-order valence-electron chi connectivity index (χ0n) is 14.7. The van der Waals surface area contributed by atoms with Crippen molar-refractivity contribution in [1.29, 1.82) is 0 Å². The number of nitrogens with one attached hydrogen (secondary N) is 2. The number of carbonyl (C=O) groups excluding carboxylic acids is 1. The van der Waals surface area contributed by atoms with Gasteiger partial charge < -0.3 is 10.6 Å². The maximum absolute atomic E-state index is 12.4. The standard InChI is InChI=1S/C18H23N3O3S2/c1-26(23,24)15-10-8-14(9-11-15)20-18-21-16(12-25-18)17(22)19-13-6-4-2-3-5-7-13/h8-13H,2-7H2,1H3,(H,19,22)(H,20,21). The molecule has 1 aromatic carbocycles. The number of hydrogen-bond donors (Lipinski definition) is 2. The molecule has 0 saturated heterocycles. The van der Waals surface area contributed by atoms with Gasteiger partial charge >= 0.3 is 0 Å². The molecule has 140 valence electrons. The van der Waals surface area contributed by atoms with E-state index >= 15 is 0 Å². The van der Waals surface area contributed by atoms with Gasteiger partial charge in [-0.3, -0.25) is 4.79 Å². The smallest absolute Gasteiger partial charge is 0.271 e. The van der Waals surface area contributed by atoms with Crippen LogP contribution in [0, 0.1) is 0 Å². The van der Waals surface area contributed by atoms with Gasteiger partial charge in [0.25, 0.3) is 5.91 Å². The number of benzene rings is 1. The highest BCUT2D eigenvalue weighted by Gasteiger charge is 2.18. The molecule has 3 rings (SSSR count). The quantitative estimate of drug-likeness (QED) is 0.756. The summed E-state index contributed by atoms with van der Waals surface area (Å²) in [7, 11) is -3.21. The van der Waals surface area contributed by atoms with Gasteiger partial charge in [0.15, 0.2) is 15.0 Å². The molecule has 2 aromatic rings. The first kappa shape index (κ1) is 18.8. The Labute approximate surface area is 158 Å². The molecule has 1 aromatic heterocycles. The van der Waals surface area contributed by atoms with Crippen LogP contribution in [0.2, 0.25) is 0 Å². The van der Waals surface area contributed by atoms with Crippen molar-refractivity contribution in [2.75, 3.05) is 11.6 Å². The number of anilines is 2. The second kappa shape index (κ2) is 8.18. The van der Waals surface area contributed by atoms with E-state index in [-0.39, 0.29) is 16.8 Å². The number of rotatable bonds is 5.